The Hall–Kier alpha value is -2.48. The lowest BCUT2D eigenvalue weighted by atomic mass is 9.49. The minimum absolute atomic E-state index is 0.0774. The van der Waals surface area contributed by atoms with Gasteiger partial charge in [-0.1, -0.05) is 0 Å². The second kappa shape index (κ2) is 7.16. The molecule has 2 amide bonds. The number of non-ortho nitro benzene ring substituents is 1. The summed E-state index contributed by atoms with van der Waals surface area (Å²) in [7, 11) is 1.71. The quantitative estimate of drug-likeness (QED) is 0.458. The van der Waals surface area contributed by atoms with Gasteiger partial charge in [-0.15, -0.1) is 0 Å². The molecule has 0 aliphatic heterocycles. The van der Waals surface area contributed by atoms with Gasteiger partial charge in [0.25, 0.3) is 5.69 Å². The number of ether oxygens (including phenoxy) is 1. The molecular formula is C20H25N3O5. The summed E-state index contributed by atoms with van der Waals surface area (Å²) in [6.07, 6.45) is 5.91. The first-order chi connectivity index (χ1) is 13.4. The molecule has 0 atom stereocenters. The number of anilines is 1. The van der Waals surface area contributed by atoms with E-state index >= 15 is 0 Å². The molecule has 0 saturated heterocycles. The second-order valence-electron chi connectivity index (χ2n) is 8.40. The van der Waals surface area contributed by atoms with Gasteiger partial charge in [-0.3, -0.25) is 19.7 Å². The molecule has 4 aliphatic rings. The highest BCUT2D eigenvalue weighted by Gasteiger charge is 2.57. The normalized spacial score (nSPS) is 32.8. The number of benzene rings is 1. The molecule has 1 aromatic carbocycles. The average Bonchev–Trinajstić information content (AvgIpc) is 2.67. The first kappa shape index (κ1) is 18.9. The third-order valence-electron chi connectivity index (χ3n) is 6.97. The van der Waals surface area contributed by atoms with Gasteiger partial charge in [-0.25, -0.2) is 0 Å². The van der Waals surface area contributed by atoms with Gasteiger partial charge in [0.15, 0.2) is 0 Å². The first-order valence-electron chi connectivity index (χ1n) is 9.80. The van der Waals surface area contributed by atoms with Crippen LogP contribution in [-0.4, -0.2) is 36.0 Å². The summed E-state index contributed by atoms with van der Waals surface area (Å²) in [5.41, 5.74) is -0.121. The fourth-order valence-corrected chi connectivity index (χ4v) is 5.83. The number of hydrogen-bond acceptors (Lipinski definition) is 5. The van der Waals surface area contributed by atoms with Gasteiger partial charge >= 0.3 is 11.8 Å². The molecule has 0 heterocycles. The Morgan fingerprint density at radius 2 is 1.64 bits per heavy atom. The van der Waals surface area contributed by atoms with Crippen LogP contribution >= 0.6 is 0 Å². The lowest BCUT2D eigenvalue weighted by Crippen LogP contribution is -2.63. The SMILES string of the molecule is COC1(CNC(=O)C(=O)Nc2ccc([N+](=O)[O-])cc2)C2CC3CC(C2)CC1C3. The summed E-state index contributed by atoms with van der Waals surface area (Å²) in [6.45, 7) is 0.338. The Labute approximate surface area is 163 Å². The molecule has 5 rings (SSSR count). The third kappa shape index (κ3) is 3.26. The monoisotopic (exact) mass is 387 g/mol. The van der Waals surface area contributed by atoms with Crippen molar-refractivity contribution in [3.8, 4) is 0 Å². The van der Waals surface area contributed by atoms with Crippen molar-refractivity contribution in [1.29, 1.82) is 0 Å². The van der Waals surface area contributed by atoms with Crippen molar-refractivity contribution in [2.24, 2.45) is 23.7 Å². The van der Waals surface area contributed by atoms with E-state index in [1.165, 1.54) is 30.7 Å². The van der Waals surface area contributed by atoms with Crippen LogP contribution in [0.15, 0.2) is 24.3 Å². The molecule has 0 spiro atoms. The Morgan fingerprint density at radius 3 is 2.14 bits per heavy atom. The van der Waals surface area contributed by atoms with Gasteiger partial charge in [0.1, 0.15) is 0 Å². The molecular weight excluding hydrogens is 362 g/mol. The van der Waals surface area contributed by atoms with Gasteiger partial charge < -0.3 is 15.4 Å². The second-order valence-corrected chi connectivity index (χ2v) is 8.40. The molecule has 4 fully saturated rings. The minimum Gasteiger partial charge on any atom is -0.376 e. The predicted octanol–water partition coefficient (Wildman–Crippen LogP) is 2.49. The topological polar surface area (TPSA) is 111 Å². The van der Waals surface area contributed by atoms with Crippen molar-refractivity contribution in [2.45, 2.75) is 37.7 Å². The summed E-state index contributed by atoms with van der Waals surface area (Å²) < 4.78 is 5.99. The molecule has 28 heavy (non-hydrogen) atoms. The standard InChI is InChI=1S/C20H25N3O5/c1-28-20(14-7-12-6-13(9-14)10-15(20)8-12)11-21-18(24)19(25)22-16-2-4-17(5-3-16)23(26)27/h2-5,12-15H,6-11H2,1H3,(H,21,24)(H,22,25). The van der Waals surface area contributed by atoms with Crippen molar-refractivity contribution in [3.05, 3.63) is 34.4 Å². The summed E-state index contributed by atoms with van der Waals surface area (Å²) in [5.74, 6) is 0.935. The summed E-state index contributed by atoms with van der Waals surface area (Å²) in [5, 5.41) is 15.9. The fraction of sp³-hybridized carbons (Fsp3) is 0.600. The van der Waals surface area contributed by atoms with E-state index in [0.717, 1.165) is 37.5 Å². The van der Waals surface area contributed by atoms with Crippen LogP contribution in [0.3, 0.4) is 0 Å². The minimum atomic E-state index is -0.788. The number of nitro groups is 1. The van der Waals surface area contributed by atoms with E-state index in [1.807, 2.05) is 0 Å². The van der Waals surface area contributed by atoms with E-state index < -0.39 is 16.7 Å². The molecule has 8 heteroatoms. The number of carbonyl (C=O) groups excluding carboxylic acids is 2. The summed E-state index contributed by atoms with van der Waals surface area (Å²) >= 11 is 0. The van der Waals surface area contributed by atoms with Crippen LogP contribution in [0, 0.1) is 33.8 Å². The lowest BCUT2D eigenvalue weighted by molar-refractivity contribution is -0.384. The van der Waals surface area contributed by atoms with Crippen molar-refractivity contribution >= 4 is 23.2 Å². The number of hydrogen-bond donors (Lipinski definition) is 2. The number of methoxy groups -OCH3 is 1. The van der Waals surface area contributed by atoms with Crippen molar-refractivity contribution in [1.82, 2.24) is 5.32 Å². The molecule has 0 unspecified atom stereocenters. The van der Waals surface area contributed by atoms with E-state index in [9.17, 15) is 19.7 Å². The zero-order chi connectivity index (χ0) is 19.9. The van der Waals surface area contributed by atoms with Gasteiger partial charge in [-0.2, -0.15) is 0 Å². The smallest absolute Gasteiger partial charge is 0.313 e. The molecule has 0 radical (unpaired) electrons. The van der Waals surface area contributed by atoms with E-state index in [2.05, 4.69) is 10.6 Å². The molecule has 150 valence electrons. The molecule has 8 nitrogen and oxygen atoms in total. The van der Waals surface area contributed by atoms with E-state index in [4.69, 9.17) is 4.74 Å². The average molecular weight is 387 g/mol. The number of rotatable bonds is 5. The summed E-state index contributed by atoms with van der Waals surface area (Å²) in [4.78, 5) is 34.7. The number of nitro benzene ring substituents is 1. The Bertz CT molecular complexity index is 764. The van der Waals surface area contributed by atoms with Crippen LogP contribution in [0.4, 0.5) is 11.4 Å². The van der Waals surface area contributed by atoms with E-state index in [-0.39, 0.29) is 11.3 Å². The predicted molar refractivity (Wildman–Crippen MR) is 102 cm³/mol. The Balaban J connectivity index is 1.36. The molecule has 4 saturated carbocycles. The van der Waals surface area contributed by atoms with Crippen molar-refractivity contribution in [3.63, 3.8) is 0 Å². The maximum absolute atomic E-state index is 12.3. The maximum Gasteiger partial charge on any atom is 0.313 e. The number of carbonyl (C=O) groups is 2. The van der Waals surface area contributed by atoms with Crippen molar-refractivity contribution < 1.29 is 19.2 Å². The van der Waals surface area contributed by atoms with Crippen LogP contribution in [0.1, 0.15) is 32.1 Å². The third-order valence-corrected chi connectivity index (χ3v) is 6.97. The highest BCUT2D eigenvalue weighted by molar-refractivity contribution is 6.39. The Morgan fingerprint density at radius 1 is 1.07 bits per heavy atom. The molecule has 4 bridgehead atoms. The number of nitrogens with one attached hydrogen (secondary N) is 2. The molecule has 0 aromatic heterocycles. The zero-order valence-corrected chi connectivity index (χ0v) is 15.8. The van der Waals surface area contributed by atoms with Crippen LogP contribution in [0.25, 0.3) is 0 Å². The van der Waals surface area contributed by atoms with Crippen LogP contribution in [0.2, 0.25) is 0 Å². The first-order valence-corrected chi connectivity index (χ1v) is 9.80. The lowest BCUT2D eigenvalue weighted by Gasteiger charge is -2.60. The van der Waals surface area contributed by atoms with E-state index in [0.29, 0.717) is 24.1 Å². The van der Waals surface area contributed by atoms with Gasteiger partial charge in [0.05, 0.1) is 10.5 Å². The van der Waals surface area contributed by atoms with Crippen LogP contribution < -0.4 is 10.6 Å². The van der Waals surface area contributed by atoms with Gasteiger partial charge in [0.2, 0.25) is 0 Å². The molecule has 1 aromatic rings. The highest BCUT2D eigenvalue weighted by atomic mass is 16.6. The van der Waals surface area contributed by atoms with Gasteiger partial charge in [-0.05, 0) is 67.9 Å². The molecule has 2 N–H and O–H groups in total. The zero-order valence-electron chi connectivity index (χ0n) is 15.8. The fourth-order valence-electron chi connectivity index (χ4n) is 5.83. The van der Waals surface area contributed by atoms with Crippen LogP contribution in [0.5, 0.6) is 0 Å². The van der Waals surface area contributed by atoms with Gasteiger partial charge in [0, 0.05) is 31.5 Å². The van der Waals surface area contributed by atoms with E-state index in [1.54, 1.807) is 7.11 Å². The maximum atomic E-state index is 12.3. The van der Waals surface area contributed by atoms with Crippen molar-refractivity contribution in [2.75, 3.05) is 19.0 Å². The van der Waals surface area contributed by atoms with Crippen LogP contribution in [-0.2, 0) is 14.3 Å². The number of nitrogens with zero attached hydrogens (tertiary/aromatic N) is 1. The highest BCUT2D eigenvalue weighted by Crippen LogP contribution is 2.59. The Kier molecular flexibility index (Phi) is 4.82. The number of amides is 2. The largest absolute Gasteiger partial charge is 0.376 e. The summed E-state index contributed by atoms with van der Waals surface area (Å²) in [6, 6.07) is 5.36. The molecule has 4 aliphatic carbocycles.